The van der Waals surface area contributed by atoms with Gasteiger partial charge in [0.2, 0.25) is 94.4 Å². The molecule has 5 aromatic carbocycles. The summed E-state index contributed by atoms with van der Waals surface area (Å²) in [4.78, 5) is 211. The topological polar surface area (TPSA) is 595 Å². The molecule has 15 atom stereocenters. The van der Waals surface area contributed by atoms with Crippen LogP contribution >= 0.6 is 21.6 Å². The third-order valence-electron chi connectivity index (χ3n) is 27.8. The van der Waals surface area contributed by atoms with Gasteiger partial charge in [-0.15, -0.1) is 0 Å². The van der Waals surface area contributed by atoms with Gasteiger partial charge in [0, 0.05) is 75.2 Å². The number of methoxy groups -OCH3 is 4. The number of rotatable bonds is 18. The molecule has 8 heterocycles. The van der Waals surface area contributed by atoms with Crippen molar-refractivity contribution in [2.24, 2.45) is 28.9 Å². The van der Waals surface area contributed by atoms with Crippen LogP contribution in [0.25, 0.3) is 0 Å². The van der Waals surface area contributed by atoms with Crippen molar-refractivity contribution in [3.05, 3.63) is 124 Å². The van der Waals surface area contributed by atoms with Gasteiger partial charge in [-0.25, -0.2) is 0 Å². The fraction of sp³-hybridized carbons (Fsp3) is 0.550. The number of nitrogens with two attached hydrogens (primary N) is 4. The number of hydrogen-bond donors (Lipinski definition) is 17. The van der Waals surface area contributed by atoms with Crippen LogP contribution in [0.5, 0.6) is 51.7 Å². The molecule has 0 radical (unpaired) electrons. The summed E-state index contributed by atoms with van der Waals surface area (Å²) < 4.78 is 39.0. The SMILES string of the molecule is CC[C@H](C)[C@H](N)C(=O)N[C@H]1CSSC[C@@H]2NC(=O)[C@H](C)NC(=O)[C@@H]3CCCN3C(=O)[C@H](CC(N)=O)NC(=O)[C@H](CCC(=O)NCCCC[C@@H](C(N)=O)NC(=O)[C@H](CO)NC(=O)[C@H](Cc3ccc(O)cc3)NC(=O)[C@H](CCCCN)NC(=O)[C@@H]3CCCN3C(=O)CNC2=O)NC1=O.COc1ccc2cc1Oc1cc3c(cc1OC)CC[N+](C)(C)[C@H]3Cc1ccc(cc1)Oc1c(OC)c(OC)cc3c1[C@@H](C2)[N+](C)(C)CC3.[I-].[I-]. The molecule has 0 saturated carbocycles. The fourth-order valence-electron chi connectivity index (χ4n) is 18.9. The number of nitrogens with one attached hydrogen (secondary N) is 11. The third kappa shape index (κ3) is 31.2. The van der Waals surface area contributed by atoms with Crippen molar-refractivity contribution < 1.29 is 167 Å². The predicted molar refractivity (Wildman–Crippen MR) is 535 cm³/mol. The lowest BCUT2D eigenvalue weighted by molar-refractivity contribution is -0.923. The number of likely N-dealkylation sites (N-methyl/N-ethyl adjacent to an activating group) is 2. The first kappa shape index (κ1) is 118. The predicted octanol–water partition coefficient (Wildman–Crippen LogP) is -4.79. The number of aliphatic hydroxyl groups is 1. The number of benzene rings is 5. The molecule has 0 aliphatic carbocycles. The molecule has 800 valence electrons. The van der Waals surface area contributed by atoms with Crippen LogP contribution in [0.1, 0.15) is 162 Å². The number of quaternary nitrogens is 2. The second kappa shape index (κ2) is 55.1. The molecular weight excluding hydrogens is 2150 g/mol. The van der Waals surface area contributed by atoms with Crippen molar-refractivity contribution in [2.45, 2.75) is 227 Å². The number of amides is 15. The number of carbonyl (C=O) groups excluding carboxylic acids is 15. The highest BCUT2D eigenvalue weighted by Crippen LogP contribution is 2.53. The highest BCUT2D eigenvalue weighted by Gasteiger charge is 2.46. The number of unbranched alkanes of at least 4 members (excludes halogenated alkanes) is 1. The van der Waals surface area contributed by atoms with Crippen LogP contribution in [0.2, 0.25) is 0 Å². The number of halogens is 2. The highest BCUT2D eigenvalue weighted by molar-refractivity contribution is 8.76. The van der Waals surface area contributed by atoms with Gasteiger partial charge in [0.05, 0.1) is 101 Å². The Labute approximate surface area is 892 Å². The number of aromatic hydroxyl groups is 1. The number of aliphatic hydroxyl groups excluding tert-OH is 1. The largest absolute Gasteiger partial charge is 1.00 e. The van der Waals surface area contributed by atoms with E-state index in [2.05, 4.69) is 141 Å². The van der Waals surface area contributed by atoms with Crippen molar-refractivity contribution in [1.29, 1.82) is 0 Å². The molecule has 42 nitrogen and oxygen atoms in total. The average molecular weight is 2300 g/mol. The number of ether oxygens (including phenoxy) is 6. The van der Waals surface area contributed by atoms with Crippen molar-refractivity contribution in [1.82, 2.24) is 68.3 Å². The summed E-state index contributed by atoms with van der Waals surface area (Å²) in [5.74, 6) is -9.12. The molecular formula is C100H141I2N19O23S2. The summed E-state index contributed by atoms with van der Waals surface area (Å²) in [7, 11) is 17.9. The molecule has 13 rings (SSSR count). The Morgan fingerprint density at radius 1 is 0.575 bits per heavy atom. The van der Waals surface area contributed by atoms with E-state index in [0.29, 0.717) is 60.0 Å². The van der Waals surface area contributed by atoms with E-state index in [1.54, 1.807) is 42.3 Å². The standard InChI is InChI=1S/C60H93N17O17S2.C40H48N2O6.2HI/c1-4-31(2)48(63)59(93)75-42-30-96-95-29-41-51(85)66-27-47(82)76-23-9-13-43(76)58(92)70-36(12-5-7-21-61)52(86)71-38(25-33-15-17-34(79)18-16-33)54(88)73-40(28-78)55(89)68-35(49(64)83)11-6-8-22-65-46(81)20-19-37(69-56(42)90)53(87)72-39(26-45(62)80)60(94)77-24-10-14-44(77)57(91)67-32(3)50(84)74-41;1-41(2)17-15-27-22-34(44-6)36-24-30(27)31(41)19-25-9-12-29(13-10-25)47-40-38-28(23-37(45-7)39(40)46-8)16-18-42(3,4)32(38)20-26-11-14-33(43-5)35(21-26)48-36;;/h15-18,31-32,35-44,48,78-79H,4-14,19-30,61,63H2,1-3H3,(H2,62,80)(H2,64,83)(H,65,81)(H,66,85)(H,67,91)(H,68,89)(H,69,90)(H,70,92)(H,71,86)(H,72,87)(H,73,88)(H,74,84)(H,75,93);9-14,21-24,31-32H,15-20H2,1-8H3;2*1H/q;+2;;/p-2/t31-,32-,35-,36-,37-,38-,39-,40-,41-,42-,43-,44-,48-;31-,32+;;/m00../s1. The molecule has 15 amide bonds. The van der Waals surface area contributed by atoms with Gasteiger partial charge >= 0.3 is 0 Å². The number of carbonyl (C=O) groups is 15. The zero-order chi connectivity index (χ0) is 105. The Morgan fingerprint density at radius 3 is 1.83 bits per heavy atom. The minimum Gasteiger partial charge on any atom is -1.00 e. The molecule has 8 aliphatic heterocycles. The molecule has 4 fully saturated rings. The van der Waals surface area contributed by atoms with Gasteiger partial charge in [0.1, 0.15) is 90.0 Å². The normalized spacial score (nSPS) is 24.8. The van der Waals surface area contributed by atoms with E-state index in [9.17, 15) is 82.1 Å². The minimum absolute atomic E-state index is 0. The minimum atomic E-state index is -1.74. The Bertz CT molecular complexity index is 5480. The van der Waals surface area contributed by atoms with Gasteiger partial charge in [-0.3, -0.25) is 71.9 Å². The van der Waals surface area contributed by atoms with E-state index in [1.807, 2.05) is 6.07 Å². The summed E-state index contributed by atoms with van der Waals surface area (Å²) in [5, 5.41) is 48.5. The smallest absolute Gasteiger partial charge is 0.246 e. The van der Waals surface area contributed by atoms with Crippen molar-refractivity contribution in [3.63, 3.8) is 0 Å². The fourth-order valence-corrected chi connectivity index (χ4v) is 21.2. The number of primary amides is 2. The Kier molecular flexibility index (Phi) is 44.6. The maximum absolute atomic E-state index is 14.5. The first-order chi connectivity index (χ1) is 68.7. The monoisotopic (exact) mass is 2290 g/mol. The third-order valence-corrected chi connectivity index (χ3v) is 30.2. The van der Waals surface area contributed by atoms with Gasteiger partial charge in [-0.05, 0) is 172 Å². The quantitative estimate of drug-likeness (QED) is 0.0169. The molecule has 21 N–H and O–H groups in total. The molecule has 46 heteroatoms. The summed E-state index contributed by atoms with van der Waals surface area (Å²) in [6.07, 6.45) is 3.58. The maximum atomic E-state index is 14.5. The maximum Gasteiger partial charge on any atom is 0.246 e. The highest BCUT2D eigenvalue weighted by atomic mass is 127. The van der Waals surface area contributed by atoms with Crippen LogP contribution in [-0.2, 0) is 104 Å². The average Bonchev–Trinajstić information content (AvgIpc) is 0.910. The lowest BCUT2D eigenvalue weighted by Gasteiger charge is -2.43. The van der Waals surface area contributed by atoms with E-state index in [4.69, 9.17) is 51.4 Å². The lowest BCUT2D eigenvalue weighted by atomic mass is 9.85. The second-order valence-electron chi connectivity index (χ2n) is 38.6. The number of nitrogens with zero attached hydrogens (tertiary/aromatic N) is 4. The summed E-state index contributed by atoms with van der Waals surface area (Å²) >= 11 is 0. The summed E-state index contributed by atoms with van der Waals surface area (Å²) in [6.45, 7) is 5.21. The van der Waals surface area contributed by atoms with Gasteiger partial charge in [-0.1, -0.05) is 72.2 Å². The molecule has 5 aromatic rings. The van der Waals surface area contributed by atoms with Crippen LogP contribution in [0.3, 0.4) is 0 Å². The van der Waals surface area contributed by atoms with Crippen LogP contribution < -0.4 is 158 Å². The number of fused-ring (bicyclic) bond motifs is 12. The van der Waals surface area contributed by atoms with Crippen molar-refractivity contribution in [2.75, 3.05) is 121 Å². The van der Waals surface area contributed by atoms with E-state index < -0.39 is 194 Å². The summed E-state index contributed by atoms with van der Waals surface area (Å²) in [6, 6.07) is 9.86. The molecule has 4 saturated heterocycles. The lowest BCUT2D eigenvalue weighted by Crippen LogP contribution is -3.00. The molecule has 8 aliphatic rings. The Hall–Kier alpha value is -11.3. The molecule has 146 heavy (non-hydrogen) atoms. The van der Waals surface area contributed by atoms with Gasteiger partial charge in [0.15, 0.2) is 34.5 Å². The number of phenols is 1. The van der Waals surface area contributed by atoms with E-state index >= 15 is 0 Å². The zero-order valence-electron chi connectivity index (χ0n) is 84.4. The van der Waals surface area contributed by atoms with Crippen LogP contribution in [0.4, 0.5) is 0 Å². The van der Waals surface area contributed by atoms with E-state index in [0.717, 1.165) is 103 Å². The van der Waals surface area contributed by atoms with Crippen LogP contribution in [-0.4, -0.2) is 311 Å². The molecule has 0 spiro atoms. The van der Waals surface area contributed by atoms with Gasteiger partial charge in [-0.2, -0.15) is 0 Å². The number of phenolic OH excluding ortho intramolecular Hbond substituents is 1. The first-order valence-electron chi connectivity index (χ1n) is 49.0. The molecule has 8 bridgehead atoms. The summed E-state index contributed by atoms with van der Waals surface area (Å²) in [5.41, 5.74) is 31.1. The van der Waals surface area contributed by atoms with Gasteiger partial charge < -0.3 is 187 Å². The van der Waals surface area contributed by atoms with E-state index in [1.165, 1.54) is 58.3 Å². The Morgan fingerprint density at radius 2 is 1.17 bits per heavy atom. The van der Waals surface area contributed by atoms with Crippen LogP contribution in [0, 0.1) is 5.92 Å². The Balaban J connectivity index is 0.000000393. The number of hydrogen-bond acceptors (Lipinski definition) is 27. The molecule has 0 aromatic heterocycles. The van der Waals surface area contributed by atoms with Crippen molar-refractivity contribution >= 4 is 110 Å². The first-order valence-corrected chi connectivity index (χ1v) is 51.5. The van der Waals surface area contributed by atoms with Gasteiger partial charge in [0.25, 0.3) is 0 Å². The van der Waals surface area contributed by atoms with Crippen molar-refractivity contribution in [3.8, 4) is 51.7 Å². The zero-order valence-corrected chi connectivity index (χ0v) is 90.3. The second-order valence-corrected chi connectivity index (χ2v) is 41.2. The molecule has 0 unspecified atom stereocenters. The van der Waals surface area contributed by atoms with E-state index in [-0.39, 0.29) is 161 Å². The van der Waals surface area contributed by atoms with Crippen LogP contribution in [0.15, 0.2) is 84.9 Å².